The highest BCUT2D eigenvalue weighted by Gasteiger charge is 2.33. The molecule has 154 valence electrons. The van der Waals surface area contributed by atoms with E-state index in [2.05, 4.69) is 25.6 Å². The minimum atomic E-state index is -4.40. The normalized spacial score (nSPS) is 12.1. The molecule has 10 heteroatoms. The van der Waals surface area contributed by atoms with Gasteiger partial charge in [-0.3, -0.25) is 0 Å². The van der Waals surface area contributed by atoms with E-state index in [0.717, 1.165) is 28.7 Å². The standard InChI is InChI=1S/C18H24F3N5OS/c1-3-9-27-15-6-5-13(10-24-15)11-25-17(22-4-2)23-8-7-16-26-14(12-28-16)18(19,20)21/h5-6,10,12H,3-4,7-9,11H2,1-2H3,(H2,22,23,25). The number of nitrogens with one attached hydrogen (secondary N) is 2. The van der Waals surface area contributed by atoms with Crippen LogP contribution in [0.1, 0.15) is 36.5 Å². The summed E-state index contributed by atoms with van der Waals surface area (Å²) in [6.45, 7) is 6.12. The zero-order valence-corrected chi connectivity index (χ0v) is 16.7. The van der Waals surface area contributed by atoms with Gasteiger partial charge in [-0.15, -0.1) is 11.3 Å². The fourth-order valence-electron chi connectivity index (χ4n) is 2.15. The van der Waals surface area contributed by atoms with Crippen molar-refractivity contribution in [1.82, 2.24) is 20.6 Å². The lowest BCUT2D eigenvalue weighted by Gasteiger charge is -2.10. The molecule has 0 radical (unpaired) electrons. The molecule has 0 aliphatic heterocycles. The minimum absolute atomic E-state index is 0.385. The number of thiazole rings is 1. The van der Waals surface area contributed by atoms with Gasteiger partial charge in [-0.05, 0) is 18.9 Å². The van der Waals surface area contributed by atoms with E-state index in [1.807, 2.05) is 26.0 Å². The molecule has 2 heterocycles. The molecular weight excluding hydrogens is 391 g/mol. The molecule has 2 aromatic rings. The van der Waals surface area contributed by atoms with Crippen molar-refractivity contribution in [3.63, 3.8) is 0 Å². The third-order valence-electron chi connectivity index (χ3n) is 3.49. The van der Waals surface area contributed by atoms with Crippen LogP contribution in [0, 0.1) is 0 Å². The average Bonchev–Trinajstić information content (AvgIpc) is 3.15. The number of hydrogen-bond donors (Lipinski definition) is 2. The van der Waals surface area contributed by atoms with Crippen LogP contribution >= 0.6 is 11.3 Å². The highest BCUT2D eigenvalue weighted by molar-refractivity contribution is 7.09. The smallest absolute Gasteiger partial charge is 0.434 e. The highest BCUT2D eigenvalue weighted by Crippen LogP contribution is 2.29. The fourth-order valence-corrected chi connectivity index (χ4v) is 2.96. The lowest BCUT2D eigenvalue weighted by Crippen LogP contribution is -2.38. The number of nitrogens with zero attached hydrogens (tertiary/aromatic N) is 3. The van der Waals surface area contributed by atoms with Crippen molar-refractivity contribution in [3.8, 4) is 5.88 Å². The van der Waals surface area contributed by atoms with E-state index in [4.69, 9.17) is 4.74 Å². The van der Waals surface area contributed by atoms with E-state index in [1.54, 1.807) is 6.20 Å². The minimum Gasteiger partial charge on any atom is -0.478 e. The molecule has 6 nitrogen and oxygen atoms in total. The molecule has 0 bridgehead atoms. The molecule has 2 aromatic heterocycles. The van der Waals surface area contributed by atoms with Gasteiger partial charge in [0, 0.05) is 37.2 Å². The summed E-state index contributed by atoms with van der Waals surface area (Å²) in [4.78, 5) is 12.3. The average molecular weight is 415 g/mol. The molecule has 28 heavy (non-hydrogen) atoms. The number of aliphatic imine (C=N–C) groups is 1. The van der Waals surface area contributed by atoms with Gasteiger partial charge in [0.1, 0.15) is 0 Å². The Hall–Kier alpha value is -2.36. The van der Waals surface area contributed by atoms with Crippen molar-refractivity contribution < 1.29 is 17.9 Å². The molecule has 0 saturated carbocycles. The van der Waals surface area contributed by atoms with Gasteiger partial charge in [0.05, 0.1) is 18.2 Å². The second kappa shape index (κ2) is 10.8. The number of hydrogen-bond acceptors (Lipinski definition) is 5. The van der Waals surface area contributed by atoms with Crippen LogP contribution in [0.3, 0.4) is 0 Å². The van der Waals surface area contributed by atoms with Crippen molar-refractivity contribution in [2.75, 3.05) is 19.7 Å². The van der Waals surface area contributed by atoms with Gasteiger partial charge in [-0.25, -0.2) is 15.0 Å². The van der Waals surface area contributed by atoms with Gasteiger partial charge in [-0.2, -0.15) is 13.2 Å². The topological polar surface area (TPSA) is 71.4 Å². The van der Waals surface area contributed by atoms with Gasteiger partial charge < -0.3 is 15.4 Å². The largest absolute Gasteiger partial charge is 0.478 e. The summed E-state index contributed by atoms with van der Waals surface area (Å²) in [7, 11) is 0. The summed E-state index contributed by atoms with van der Waals surface area (Å²) in [5, 5.41) is 7.68. The molecule has 0 saturated heterocycles. The summed E-state index contributed by atoms with van der Waals surface area (Å²) in [6, 6.07) is 3.71. The SMILES string of the molecule is CCCOc1ccc(CN=C(NCC)NCCc2nc(C(F)(F)F)cs2)cn1. The number of ether oxygens (including phenoxy) is 1. The molecule has 0 unspecified atom stereocenters. The Morgan fingerprint density at radius 3 is 2.68 bits per heavy atom. The van der Waals surface area contributed by atoms with Crippen molar-refractivity contribution in [2.24, 2.45) is 4.99 Å². The summed E-state index contributed by atoms with van der Waals surface area (Å²) < 4.78 is 43.2. The molecule has 0 aliphatic carbocycles. The third-order valence-corrected chi connectivity index (χ3v) is 4.40. The fraction of sp³-hybridized carbons (Fsp3) is 0.500. The number of rotatable bonds is 9. The van der Waals surface area contributed by atoms with Crippen LogP contribution in [0.4, 0.5) is 13.2 Å². The van der Waals surface area contributed by atoms with Crippen LogP contribution in [-0.2, 0) is 19.1 Å². The van der Waals surface area contributed by atoms with Crippen LogP contribution in [0.2, 0.25) is 0 Å². The molecule has 2 rings (SSSR count). The predicted octanol–water partition coefficient (Wildman–Crippen LogP) is 3.64. The van der Waals surface area contributed by atoms with Crippen LogP contribution in [-0.4, -0.2) is 35.6 Å². The zero-order chi connectivity index (χ0) is 20.4. The Kier molecular flexibility index (Phi) is 8.49. The van der Waals surface area contributed by atoms with Crippen LogP contribution in [0.25, 0.3) is 0 Å². The molecule has 0 aliphatic rings. The van der Waals surface area contributed by atoms with Gasteiger partial charge in [0.15, 0.2) is 11.7 Å². The first-order chi connectivity index (χ1) is 13.4. The van der Waals surface area contributed by atoms with E-state index in [0.29, 0.717) is 49.5 Å². The second-order valence-corrected chi connectivity index (χ2v) is 6.79. The summed E-state index contributed by atoms with van der Waals surface area (Å²) in [5.74, 6) is 1.17. The molecule has 0 atom stereocenters. The van der Waals surface area contributed by atoms with E-state index in [1.165, 1.54) is 0 Å². The van der Waals surface area contributed by atoms with Crippen LogP contribution < -0.4 is 15.4 Å². The number of pyridine rings is 1. The van der Waals surface area contributed by atoms with E-state index in [-0.39, 0.29) is 0 Å². The van der Waals surface area contributed by atoms with Crippen LogP contribution in [0.15, 0.2) is 28.7 Å². The highest BCUT2D eigenvalue weighted by atomic mass is 32.1. The molecule has 0 fully saturated rings. The predicted molar refractivity (Wildman–Crippen MR) is 104 cm³/mol. The third kappa shape index (κ3) is 7.34. The molecule has 2 N–H and O–H groups in total. The summed E-state index contributed by atoms with van der Waals surface area (Å²) in [6.07, 6.45) is -1.38. The maximum Gasteiger partial charge on any atom is 0.434 e. The van der Waals surface area contributed by atoms with Crippen molar-refractivity contribution in [3.05, 3.63) is 40.0 Å². The maximum absolute atomic E-state index is 12.6. The first kappa shape index (κ1) is 21.9. The monoisotopic (exact) mass is 415 g/mol. The quantitative estimate of drug-likeness (QED) is 0.483. The Morgan fingerprint density at radius 1 is 1.25 bits per heavy atom. The Balaban J connectivity index is 1.85. The first-order valence-corrected chi connectivity index (χ1v) is 9.91. The van der Waals surface area contributed by atoms with Gasteiger partial charge in [0.25, 0.3) is 0 Å². The van der Waals surface area contributed by atoms with Gasteiger partial charge >= 0.3 is 6.18 Å². The number of halogens is 3. The maximum atomic E-state index is 12.6. The van der Waals surface area contributed by atoms with Crippen molar-refractivity contribution >= 4 is 17.3 Å². The summed E-state index contributed by atoms with van der Waals surface area (Å²) >= 11 is 1.01. The molecule has 0 spiro atoms. The van der Waals surface area contributed by atoms with Crippen molar-refractivity contribution in [1.29, 1.82) is 0 Å². The van der Waals surface area contributed by atoms with E-state index in [9.17, 15) is 13.2 Å². The van der Waals surface area contributed by atoms with E-state index >= 15 is 0 Å². The first-order valence-electron chi connectivity index (χ1n) is 9.03. The number of alkyl halides is 3. The lowest BCUT2D eigenvalue weighted by molar-refractivity contribution is -0.140. The Morgan fingerprint density at radius 2 is 2.07 bits per heavy atom. The zero-order valence-electron chi connectivity index (χ0n) is 15.8. The van der Waals surface area contributed by atoms with Gasteiger partial charge in [0.2, 0.25) is 5.88 Å². The molecular formula is C18H24F3N5OS. The van der Waals surface area contributed by atoms with Gasteiger partial charge in [-0.1, -0.05) is 13.0 Å². The summed E-state index contributed by atoms with van der Waals surface area (Å²) in [5.41, 5.74) is 0.0859. The lowest BCUT2D eigenvalue weighted by atomic mass is 10.3. The molecule has 0 amide bonds. The van der Waals surface area contributed by atoms with E-state index < -0.39 is 11.9 Å². The second-order valence-electron chi connectivity index (χ2n) is 5.85. The number of guanidine groups is 1. The van der Waals surface area contributed by atoms with Crippen LogP contribution in [0.5, 0.6) is 5.88 Å². The molecule has 0 aromatic carbocycles. The Labute approximate surface area is 166 Å². The Bertz CT molecular complexity index is 746. The number of aromatic nitrogens is 2. The van der Waals surface area contributed by atoms with Crippen molar-refractivity contribution in [2.45, 2.75) is 39.4 Å².